The molecule has 1 rings (SSSR count). The van der Waals surface area contributed by atoms with E-state index in [1.807, 2.05) is 13.0 Å². The molecular formula is C13H22ClN3O. The fraction of sp³-hybridized carbons (Fsp3) is 0.692. The molecule has 0 spiro atoms. The Morgan fingerprint density at radius 3 is 2.39 bits per heavy atom. The molecule has 0 N–H and O–H groups in total. The molecule has 0 aliphatic heterocycles. The van der Waals surface area contributed by atoms with Gasteiger partial charge in [-0.05, 0) is 19.8 Å². The number of aromatic nitrogens is 2. The molecule has 18 heavy (non-hydrogen) atoms. The monoisotopic (exact) mass is 271 g/mol. The first-order valence-electron chi connectivity index (χ1n) is 6.57. The normalized spacial score (nSPS) is 10.7. The average molecular weight is 272 g/mol. The Hall–Kier alpha value is -0.870. The molecule has 0 unspecified atom stereocenters. The predicted octanol–water partition coefficient (Wildman–Crippen LogP) is 3.29. The van der Waals surface area contributed by atoms with Crippen LogP contribution in [0.4, 0.5) is 5.82 Å². The highest BCUT2D eigenvalue weighted by Crippen LogP contribution is 2.17. The fourth-order valence-corrected chi connectivity index (χ4v) is 1.95. The van der Waals surface area contributed by atoms with E-state index in [4.69, 9.17) is 16.3 Å². The molecule has 0 amide bonds. The highest BCUT2D eigenvalue weighted by Gasteiger charge is 2.10. The van der Waals surface area contributed by atoms with Crippen LogP contribution in [0.3, 0.4) is 0 Å². The zero-order chi connectivity index (χ0) is 13.4. The molecule has 0 fully saturated rings. The van der Waals surface area contributed by atoms with E-state index in [-0.39, 0.29) is 0 Å². The summed E-state index contributed by atoms with van der Waals surface area (Å²) in [6.07, 6.45) is 2.17. The second-order valence-corrected chi connectivity index (χ2v) is 4.48. The van der Waals surface area contributed by atoms with E-state index < -0.39 is 0 Å². The van der Waals surface area contributed by atoms with Crippen molar-refractivity contribution in [1.82, 2.24) is 9.97 Å². The summed E-state index contributed by atoms with van der Waals surface area (Å²) in [6.45, 7) is 9.30. The Morgan fingerprint density at radius 1 is 1.17 bits per heavy atom. The van der Waals surface area contributed by atoms with Crippen LogP contribution in [0.2, 0.25) is 5.15 Å². The van der Waals surface area contributed by atoms with E-state index in [0.29, 0.717) is 24.2 Å². The number of ether oxygens (including phenoxy) is 1. The Balaban J connectivity index is 2.87. The summed E-state index contributed by atoms with van der Waals surface area (Å²) in [5.74, 6) is 1.55. The molecule has 1 aromatic heterocycles. The number of nitrogens with zero attached hydrogens (tertiary/aromatic N) is 3. The first-order valence-corrected chi connectivity index (χ1v) is 6.95. The van der Waals surface area contributed by atoms with Crippen LogP contribution in [-0.4, -0.2) is 29.7 Å². The molecule has 0 saturated heterocycles. The van der Waals surface area contributed by atoms with Crippen molar-refractivity contribution in [3.05, 3.63) is 17.0 Å². The van der Waals surface area contributed by atoms with Gasteiger partial charge in [0.2, 0.25) is 0 Å². The van der Waals surface area contributed by atoms with Gasteiger partial charge < -0.3 is 9.64 Å². The van der Waals surface area contributed by atoms with E-state index in [1.165, 1.54) is 0 Å². The van der Waals surface area contributed by atoms with Crippen LogP contribution in [0.1, 0.15) is 39.4 Å². The number of anilines is 1. The van der Waals surface area contributed by atoms with E-state index in [0.717, 1.165) is 31.7 Å². The highest BCUT2D eigenvalue weighted by atomic mass is 35.5. The molecule has 102 valence electrons. The summed E-state index contributed by atoms with van der Waals surface area (Å²) in [5, 5.41) is 0.479. The summed E-state index contributed by atoms with van der Waals surface area (Å²) in [7, 11) is 0. The van der Waals surface area contributed by atoms with Gasteiger partial charge in [-0.3, -0.25) is 0 Å². The second-order valence-electron chi connectivity index (χ2n) is 4.09. The quantitative estimate of drug-likeness (QED) is 0.680. The molecule has 1 heterocycles. The molecule has 5 heteroatoms. The topological polar surface area (TPSA) is 38.2 Å². The molecule has 0 radical (unpaired) electrons. The van der Waals surface area contributed by atoms with Gasteiger partial charge in [0.25, 0.3) is 0 Å². The number of hydrogen-bond donors (Lipinski definition) is 0. The third kappa shape index (κ3) is 4.78. The third-order valence-corrected chi connectivity index (χ3v) is 2.67. The molecule has 4 nitrogen and oxygen atoms in total. The number of halogens is 1. The van der Waals surface area contributed by atoms with Gasteiger partial charge in [-0.25, -0.2) is 9.97 Å². The molecule has 0 aliphatic carbocycles. The van der Waals surface area contributed by atoms with E-state index >= 15 is 0 Å². The van der Waals surface area contributed by atoms with Crippen LogP contribution >= 0.6 is 11.6 Å². The Morgan fingerprint density at radius 2 is 1.83 bits per heavy atom. The molecule has 0 bridgehead atoms. The minimum atomic E-state index is 0.413. The van der Waals surface area contributed by atoms with Crippen LogP contribution in [-0.2, 0) is 11.3 Å². The van der Waals surface area contributed by atoms with Crippen LogP contribution in [0, 0.1) is 0 Å². The maximum atomic E-state index is 6.04. The molecule has 0 atom stereocenters. The van der Waals surface area contributed by atoms with Crippen LogP contribution < -0.4 is 4.90 Å². The van der Waals surface area contributed by atoms with Gasteiger partial charge >= 0.3 is 0 Å². The van der Waals surface area contributed by atoms with Crippen molar-refractivity contribution in [2.24, 2.45) is 0 Å². The first kappa shape index (κ1) is 15.2. The fourth-order valence-electron chi connectivity index (χ4n) is 1.75. The van der Waals surface area contributed by atoms with E-state index in [9.17, 15) is 0 Å². The SMILES string of the molecule is CCCN(CCC)c1cc(Cl)nc(COCC)n1. The summed E-state index contributed by atoms with van der Waals surface area (Å²) in [6, 6.07) is 1.82. The average Bonchev–Trinajstić information content (AvgIpc) is 2.35. The summed E-state index contributed by atoms with van der Waals surface area (Å²) in [5.41, 5.74) is 0. The molecule has 1 aromatic rings. The molecule has 0 saturated carbocycles. The lowest BCUT2D eigenvalue weighted by Crippen LogP contribution is -2.26. The van der Waals surface area contributed by atoms with Gasteiger partial charge in [0.15, 0.2) is 5.82 Å². The van der Waals surface area contributed by atoms with Crippen molar-refractivity contribution < 1.29 is 4.74 Å². The largest absolute Gasteiger partial charge is 0.374 e. The summed E-state index contributed by atoms with van der Waals surface area (Å²) in [4.78, 5) is 10.9. The summed E-state index contributed by atoms with van der Waals surface area (Å²) < 4.78 is 5.33. The lowest BCUT2D eigenvalue weighted by Gasteiger charge is -2.23. The van der Waals surface area contributed by atoms with Gasteiger partial charge in [0, 0.05) is 25.8 Å². The lowest BCUT2D eigenvalue weighted by atomic mass is 10.3. The van der Waals surface area contributed by atoms with Crippen LogP contribution in [0.25, 0.3) is 0 Å². The Labute approximate surface area is 114 Å². The van der Waals surface area contributed by atoms with Gasteiger partial charge in [-0.2, -0.15) is 0 Å². The second kappa shape index (κ2) is 8.27. The highest BCUT2D eigenvalue weighted by molar-refractivity contribution is 6.29. The van der Waals surface area contributed by atoms with Gasteiger partial charge in [-0.15, -0.1) is 0 Å². The lowest BCUT2D eigenvalue weighted by molar-refractivity contribution is 0.128. The van der Waals surface area contributed by atoms with Crippen molar-refractivity contribution in [3.63, 3.8) is 0 Å². The van der Waals surface area contributed by atoms with E-state index in [1.54, 1.807) is 0 Å². The van der Waals surface area contributed by atoms with Gasteiger partial charge in [-0.1, -0.05) is 25.4 Å². The minimum absolute atomic E-state index is 0.413. The zero-order valence-electron chi connectivity index (χ0n) is 11.4. The smallest absolute Gasteiger partial charge is 0.158 e. The van der Waals surface area contributed by atoms with E-state index in [2.05, 4.69) is 28.7 Å². The minimum Gasteiger partial charge on any atom is -0.374 e. The predicted molar refractivity (Wildman–Crippen MR) is 75.2 cm³/mol. The van der Waals surface area contributed by atoms with Crippen molar-refractivity contribution in [3.8, 4) is 0 Å². The van der Waals surface area contributed by atoms with Crippen LogP contribution in [0.15, 0.2) is 6.07 Å². The number of hydrogen-bond acceptors (Lipinski definition) is 4. The number of rotatable bonds is 8. The van der Waals surface area contributed by atoms with Gasteiger partial charge in [0.1, 0.15) is 17.6 Å². The van der Waals surface area contributed by atoms with Crippen molar-refractivity contribution in [2.45, 2.75) is 40.2 Å². The Bertz CT molecular complexity index is 354. The maximum Gasteiger partial charge on any atom is 0.158 e. The zero-order valence-corrected chi connectivity index (χ0v) is 12.2. The molecule has 0 aromatic carbocycles. The standard InChI is InChI=1S/C13H22ClN3O/c1-4-7-17(8-5-2)13-9-11(14)15-12(16-13)10-18-6-3/h9H,4-8,10H2,1-3H3. The van der Waals surface area contributed by atoms with Gasteiger partial charge in [0.05, 0.1) is 0 Å². The van der Waals surface area contributed by atoms with Crippen molar-refractivity contribution >= 4 is 17.4 Å². The molecule has 0 aliphatic rings. The van der Waals surface area contributed by atoms with Crippen molar-refractivity contribution in [1.29, 1.82) is 0 Å². The first-order chi connectivity index (χ1) is 8.71. The van der Waals surface area contributed by atoms with Crippen molar-refractivity contribution in [2.75, 3.05) is 24.6 Å². The summed E-state index contributed by atoms with van der Waals surface area (Å²) >= 11 is 6.04. The third-order valence-electron chi connectivity index (χ3n) is 2.47. The maximum absolute atomic E-state index is 6.04. The Kier molecular flexibility index (Phi) is 6.98. The van der Waals surface area contributed by atoms with Crippen LogP contribution in [0.5, 0.6) is 0 Å². The molecular weight excluding hydrogens is 250 g/mol.